The predicted molar refractivity (Wildman–Crippen MR) is 80.2 cm³/mol. The number of anilines is 1. The summed E-state index contributed by atoms with van der Waals surface area (Å²) in [6, 6.07) is 4.68. The van der Waals surface area contributed by atoms with Gasteiger partial charge in [0.1, 0.15) is 11.3 Å². The third-order valence-electron chi connectivity index (χ3n) is 3.15. The molecular formula is C15H22N2O4. The molecule has 1 amide bonds. The van der Waals surface area contributed by atoms with E-state index in [4.69, 9.17) is 15.2 Å². The number of esters is 1. The summed E-state index contributed by atoms with van der Waals surface area (Å²) in [5.41, 5.74) is 6.29. The summed E-state index contributed by atoms with van der Waals surface area (Å²) >= 11 is 0. The maximum Gasteiger partial charge on any atom is 0.342 e. The second-order valence-electron chi connectivity index (χ2n) is 4.52. The number of hydrogen-bond acceptors (Lipinski definition) is 5. The van der Waals surface area contributed by atoms with Crippen LogP contribution in [0.4, 0.5) is 5.69 Å². The van der Waals surface area contributed by atoms with Gasteiger partial charge in [0, 0.05) is 18.8 Å². The lowest BCUT2D eigenvalue weighted by atomic mass is 10.2. The molecule has 21 heavy (non-hydrogen) atoms. The van der Waals surface area contributed by atoms with Crippen LogP contribution < -0.4 is 10.5 Å². The van der Waals surface area contributed by atoms with Crippen LogP contribution in [-0.2, 0) is 9.53 Å². The summed E-state index contributed by atoms with van der Waals surface area (Å²) in [7, 11) is 1.45. The third kappa shape index (κ3) is 4.11. The smallest absolute Gasteiger partial charge is 0.342 e. The van der Waals surface area contributed by atoms with Crippen LogP contribution >= 0.6 is 0 Å². The van der Waals surface area contributed by atoms with Gasteiger partial charge in [-0.15, -0.1) is 0 Å². The first-order valence-corrected chi connectivity index (χ1v) is 6.87. The van der Waals surface area contributed by atoms with Gasteiger partial charge in [0.05, 0.1) is 7.11 Å². The van der Waals surface area contributed by atoms with E-state index in [2.05, 4.69) is 0 Å². The van der Waals surface area contributed by atoms with Gasteiger partial charge < -0.3 is 20.1 Å². The monoisotopic (exact) mass is 294 g/mol. The van der Waals surface area contributed by atoms with E-state index in [-0.39, 0.29) is 11.5 Å². The molecule has 0 heterocycles. The number of nitrogens with two attached hydrogens (primary N) is 1. The fourth-order valence-corrected chi connectivity index (χ4v) is 1.95. The maximum atomic E-state index is 12.2. The van der Waals surface area contributed by atoms with Crippen molar-refractivity contribution in [2.24, 2.45) is 0 Å². The summed E-state index contributed by atoms with van der Waals surface area (Å²) in [4.78, 5) is 25.9. The molecule has 0 aliphatic rings. The minimum absolute atomic E-state index is 0.205. The number of nitrogens with zero attached hydrogens (tertiary/aromatic N) is 1. The molecule has 1 rings (SSSR count). The highest BCUT2D eigenvalue weighted by molar-refractivity contribution is 5.95. The first-order valence-electron chi connectivity index (χ1n) is 6.87. The Morgan fingerprint density at radius 2 is 1.90 bits per heavy atom. The number of carbonyl (C=O) groups is 2. The number of methoxy groups -OCH3 is 1. The molecule has 1 unspecified atom stereocenters. The molecule has 0 aliphatic heterocycles. The van der Waals surface area contributed by atoms with Crippen LogP contribution in [0, 0.1) is 0 Å². The Labute approximate surface area is 124 Å². The molecule has 6 heteroatoms. The largest absolute Gasteiger partial charge is 0.496 e. The van der Waals surface area contributed by atoms with E-state index in [1.165, 1.54) is 13.2 Å². The van der Waals surface area contributed by atoms with Crippen molar-refractivity contribution in [3.05, 3.63) is 23.8 Å². The van der Waals surface area contributed by atoms with Gasteiger partial charge in [-0.1, -0.05) is 0 Å². The van der Waals surface area contributed by atoms with Gasteiger partial charge in [-0.3, -0.25) is 4.79 Å². The molecule has 1 aromatic rings. The number of carbonyl (C=O) groups excluding carboxylic acids is 2. The standard InChI is InChI=1S/C15H22N2O4/c1-5-17(6-2)14(18)10(3)21-15(19)12-9-11(16)7-8-13(12)20-4/h7-10H,5-6,16H2,1-4H3. The number of amides is 1. The SMILES string of the molecule is CCN(CC)C(=O)C(C)OC(=O)c1cc(N)ccc1OC. The molecule has 1 aromatic carbocycles. The van der Waals surface area contributed by atoms with Crippen LogP contribution in [0.25, 0.3) is 0 Å². The van der Waals surface area contributed by atoms with Gasteiger partial charge in [-0.25, -0.2) is 4.79 Å². The lowest BCUT2D eigenvalue weighted by molar-refractivity contribution is -0.139. The zero-order valence-electron chi connectivity index (χ0n) is 12.9. The molecule has 0 bridgehead atoms. The Morgan fingerprint density at radius 1 is 1.29 bits per heavy atom. The molecule has 0 spiro atoms. The average Bonchev–Trinajstić information content (AvgIpc) is 2.48. The van der Waals surface area contributed by atoms with Crippen LogP contribution in [0.5, 0.6) is 5.75 Å². The summed E-state index contributed by atoms with van der Waals surface area (Å²) in [6.07, 6.45) is -0.858. The Bertz CT molecular complexity index is 512. The van der Waals surface area contributed by atoms with Crippen LogP contribution in [0.1, 0.15) is 31.1 Å². The van der Waals surface area contributed by atoms with Crippen molar-refractivity contribution < 1.29 is 19.1 Å². The van der Waals surface area contributed by atoms with E-state index >= 15 is 0 Å². The first-order chi connectivity index (χ1) is 9.94. The topological polar surface area (TPSA) is 81.9 Å². The molecule has 0 saturated heterocycles. The van der Waals surface area contributed by atoms with Crippen molar-refractivity contribution in [2.45, 2.75) is 26.9 Å². The number of nitrogen functional groups attached to an aromatic ring is 1. The average molecular weight is 294 g/mol. The lowest BCUT2D eigenvalue weighted by Crippen LogP contribution is -2.39. The number of hydrogen-bond donors (Lipinski definition) is 1. The van der Waals surface area contributed by atoms with E-state index < -0.39 is 12.1 Å². The molecule has 0 radical (unpaired) electrons. The highest BCUT2D eigenvalue weighted by Gasteiger charge is 2.24. The summed E-state index contributed by atoms with van der Waals surface area (Å²) in [5, 5.41) is 0. The molecule has 0 fully saturated rings. The van der Waals surface area contributed by atoms with Crippen molar-refractivity contribution in [3.8, 4) is 5.75 Å². The van der Waals surface area contributed by atoms with Crippen molar-refractivity contribution in [1.82, 2.24) is 4.90 Å². The molecular weight excluding hydrogens is 272 g/mol. The first kappa shape index (κ1) is 16.8. The highest BCUT2D eigenvalue weighted by atomic mass is 16.5. The van der Waals surface area contributed by atoms with E-state index in [0.29, 0.717) is 24.5 Å². The summed E-state index contributed by atoms with van der Waals surface area (Å²) in [6.45, 7) is 6.43. The fraction of sp³-hybridized carbons (Fsp3) is 0.467. The van der Waals surface area contributed by atoms with E-state index in [0.717, 1.165) is 0 Å². The van der Waals surface area contributed by atoms with E-state index in [1.54, 1.807) is 24.0 Å². The van der Waals surface area contributed by atoms with Gasteiger partial charge in [-0.2, -0.15) is 0 Å². The van der Waals surface area contributed by atoms with E-state index in [9.17, 15) is 9.59 Å². The lowest BCUT2D eigenvalue weighted by Gasteiger charge is -2.23. The van der Waals surface area contributed by atoms with E-state index in [1.807, 2.05) is 13.8 Å². The summed E-state index contributed by atoms with van der Waals surface area (Å²) in [5.74, 6) is -0.500. The zero-order valence-corrected chi connectivity index (χ0v) is 12.9. The minimum atomic E-state index is -0.858. The van der Waals surface area contributed by atoms with Crippen molar-refractivity contribution >= 4 is 17.6 Å². The van der Waals surface area contributed by atoms with Gasteiger partial charge in [0.25, 0.3) is 5.91 Å². The van der Waals surface area contributed by atoms with Crippen LogP contribution in [0.2, 0.25) is 0 Å². The quantitative estimate of drug-likeness (QED) is 0.638. The third-order valence-corrected chi connectivity index (χ3v) is 3.15. The Hall–Kier alpha value is -2.24. The van der Waals surface area contributed by atoms with Crippen molar-refractivity contribution in [1.29, 1.82) is 0 Å². The van der Waals surface area contributed by atoms with Gasteiger partial charge >= 0.3 is 5.97 Å². The molecule has 2 N–H and O–H groups in total. The highest BCUT2D eigenvalue weighted by Crippen LogP contribution is 2.22. The Kier molecular flexibility index (Phi) is 6.02. The van der Waals surface area contributed by atoms with Gasteiger partial charge in [0.2, 0.25) is 0 Å². The molecule has 6 nitrogen and oxygen atoms in total. The Morgan fingerprint density at radius 3 is 2.43 bits per heavy atom. The fourth-order valence-electron chi connectivity index (χ4n) is 1.95. The molecule has 1 atom stereocenters. The van der Waals surface area contributed by atoms with Crippen molar-refractivity contribution in [3.63, 3.8) is 0 Å². The van der Waals surface area contributed by atoms with Crippen LogP contribution in [0.3, 0.4) is 0 Å². The molecule has 0 aromatic heterocycles. The molecule has 116 valence electrons. The van der Waals surface area contributed by atoms with Crippen LogP contribution in [-0.4, -0.2) is 43.1 Å². The molecule has 0 aliphatic carbocycles. The number of ether oxygens (including phenoxy) is 2. The second kappa shape index (κ2) is 7.52. The van der Waals surface area contributed by atoms with Crippen LogP contribution in [0.15, 0.2) is 18.2 Å². The second-order valence-corrected chi connectivity index (χ2v) is 4.52. The number of likely N-dealkylation sites (N-methyl/N-ethyl adjacent to an activating group) is 1. The number of benzene rings is 1. The minimum Gasteiger partial charge on any atom is -0.496 e. The van der Waals surface area contributed by atoms with Gasteiger partial charge in [0.15, 0.2) is 6.10 Å². The maximum absolute atomic E-state index is 12.2. The normalized spacial score (nSPS) is 11.6. The zero-order chi connectivity index (χ0) is 16.0. The van der Waals surface area contributed by atoms with Gasteiger partial charge in [-0.05, 0) is 39.0 Å². The Balaban J connectivity index is 2.86. The molecule has 0 saturated carbocycles. The summed E-state index contributed by atoms with van der Waals surface area (Å²) < 4.78 is 10.3. The van der Waals surface area contributed by atoms with Crippen molar-refractivity contribution in [2.75, 3.05) is 25.9 Å². The number of rotatable bonds is 6. The predicted octanol–water partition coefficient (Wildman–Crippen LogP) is 1.69.